The number of amides is 1. The highest BCUT2D eigenvalue weighted by Crippen LogP contribution is 2.39. The molecule has 2 heterocycles. The number of nitrogens with zero attached hydrogens (tertiary/aromatic N) is 1. The van der Waals surface area contributed by atoms with Crippen molar-refractivity contribution in [2.45, 2.75) is 39.7 Å². The Kier molecular flexibility index (Phi) is 6.74. The van der Waals surface area contributed by atoms with Crippen molar-refractivity contribution in [3.63, 3.8) is 0 Å². The van der Waals surface area contributed by atoms with Crippen molar-refractivity contribution in [2.75, 3.05) is 20.3 Å². The van der Waals surface area contributed by atoms with E-state index in [0.717, 1.165) is 34.4 Å². The molecule has 0 spiro atoms. The second-order valence-electron chi connectivity index (χ2n) is 9.53. The maximum atomic E-state index is 13.9. The number of ether oxygens (including phenoxy) is 2. The monoisotopic (exact) mass is 497 g/mol. The average molecular weight is 498 g/mol. The Morgan fingerprint density at radius 2 is 1.70 bits per heavy atom. The van der Waals surface area contributed by atoms with Gasteiger partial charge >= 0.3 is 0 Å². The predicted octanol–water partition coefficient (Wildman–Crippen LogP) is 6.00. The zero-order valence-electron chi connectivity index (χ0n) is 21.7. The third-order valence-corrected chi connectivity index (χ3v) is 7.03. The molecular weight excluding hydrogens is 466 g/mol. The third kappa shape index (κ3) is 4.59. The van der Waals surface area contributed by atoms with Crippen molar-refractivity contribution >= 4 is 16.9 Å². The minimum Gasteiger partial charge on any atom is -0.497 e. The van der Waals surface area contributed by atoms with Crippen molar-refractivity contribution < 1.29 is 18.7 Å². The van der Waals surface area contributed by atoms with E-state index < -0.39 is 6.04 Å². The van der Waals surface area contributed by atoms with E-state index in [1.54, 1.807) is 12.0 Å². The van der Waals surface area contributed by atoms with E-state index in [0.29, 0.717) is 41.9 Å². The normalized spacial score (nSPS) is 14.8. The molecule has 190 valence electrons. The van der Waals surface area contributed by atoms with E-state index in [9.17, 15) is 9.59 Å². The molecule has 6 heteroatoms. The van der Waals surface area contributed by atoms with Crippen LogP contribution in [-0.2, 0) is 6.42 Å². The lowest BCUT2D eigenvalue weighted by Crippen LogP contribution is -2.31. The maximum absolute atomic E-state index is 13.9. The fourth-order valence-electron chi connectivity index (χ4n) is 4.89. The van der Waals surface area contributed by atoms with Crippen LogP contribution in [0.5, 0.6) is 11.5 Å². The van der Waals surface area contributed by atoms with Crippen LogP contribution in [0, 0.1) is 13.8 Å². The second kappa shape index (κ2) is 10.1. The van der Waals surface area contributed by atoms with Crippen molar-refractivity contribution in [1.82, 2.24) is 4.90 Å². The lowest BCUT2D eigenvalue weighted by atomic mass is 9.97. The average Bonchev–Trinajstić information content (AvgIpc) is 3.19. The molecule has 1 unspecified atom stereocenters. The SMILES string of the molecule is CCCOc1cccc(C2c3c(oc4cc(C)c(C)cc4c3=O)C(=O)N2CCc2ccc(OC)cc2)c1. The molecular formula is C31H31NO5. The molecule has 1 atom stereocenters. The van der Waals surface area contributed by atoms with E-state index >= 15 is 0 Å². The number of carbonyl (C=O) groups is 1. The van der Waals surface area contributed by atoms with Crippen LogP contribution in [0.25, 0.3) is 11.0 Å². The fourth-order valence-corrected chi connectivity index (χ4v) is 4.89. The van der Waals surface area contributed by atoms with E-state index in [1.807, 2.05) is 74.5 Å². The third-order valence-electron chi connectivity index (χ3n) is 7.03. The van der Waals surface area contributed by atoms with Gasteiger partial charge in [-0.3, -0.25) is 9.59 Å². The summed E-state index contributed by atoms with van der Waals surface area (Å²) in [5.74, 6) is 1.35. The summed E-state index contributed by atoms with van der Waals surface area (Å²) in [5, 5.41) is 0.495. The Morgan fingerprint density at radius 1 is 0.946 bits per heavy atom. The standard InChI is InChI=1S/C31H31NO5/c1-5-15-36-24-8-6-7-22(18-24)28-27-29(33)25-16-19(2)20(3)17-26(25)37-30(27)31(34)32(28)14-13-21-9-11-23(35-4)12-10-21/h6-12,16-18,28H,5,13-15H2,1-4H3. The zero-order valence-corrected chi connectivity index (χ0v) is 21.7. The van der Waals surface area contributed by atoms with Gasteiger partial charge in [0.25, 0.3) is 5.91 Å². The lowest BCUT2D eigenvalue weighted by Gasteiger charge is -2.25. The van der Waals surface area contributed by atoms with Gasteiger partial charge in [-0.1, -0.05) is 31.2 Å². The molecule has 1 aliphatic rings. The van der Waals surface area contributed by atoms with Crippen LogP contribution < -0.4 is 14.9 Å². The summed E-state index contributed by atoms with van der Waals surface area (Å²) in [6.45, 7) is 7.01. The van der Waals surface area contributed by atoms with E-state index in [2.05, 4.69) is 6.92 Å². The molecule has 0 saturated heterocycles. The van der Waals surface area contributed by atoms with Gasteiger partial charge in [-0.15, -0.1) is 0 Å². The minimum atomic E-state index is -0.562. The first kappa shape index (κ1) is 24.6. The smallest absolute Gasteiger partial charge is 0.290 e. The fraction of sp³-hybridized carbons (Fsp3) is 0.290. The molecule has 0 bridgehead atoms. The molecule has 1 aromatic heterocycles. The van der Waals surface area contributed by atoms with Gasteiger partial charge in [0.2, 0.25) is 5.76 Å². The molecule has 37 heavy (non-hydrogen) atoms. The number of fused-ring (bicyclic) bond motifs is 2. The van der Waals surface area contributed by atoms with Crippen LogP contribution in [0.15, 0.2) is 69.9 Å². The molecule has 0 fully saturated rings. The van der Waals surface area contributed by atoms with Gasteiger partial charge in [-0.25, -0.2) is 0 Å². The Labute approximate surface area is 216 Å². The molecule has 0 N–H and O–H groups in total. The summed E-state index contributed by atoms with van der Waals surface area (Å²) < 4.78 is 17.3. The maximum Gasteiger partial charge on any atom is 0.290 e. The van der Waals surface area contributed by atoms with Crippen molar-refractivity contribution in [1.29, 1.82) is 0 Å². The number of hydrogen-bond acceptors (Lipinski definition) is 5. The summed E-state index contributed by atoms with van der Waals surface area (Å²) in [5.41, 5.74) is 4.58. The highest BCUT2D eigenvalue weighted by molar-refractivity contribution is 5.99. The van der Waals surface area contributed by atoms with Gasteiger partial charge in [0, 0.05) is 6.54 Å². The first-order chi connectivity index (χ1) is 17.9. The summed E-state index contributed by atoms with van der Waals surface area (Å²) in [7, 11) is 1.63. The lowest BCUT2D eigenvalue weighted by molar-refractivity contribution is 0.0729. The molecule has 0 radical (unpaired) electrons. The van der Waals surface area contributed by atoms with Gasteiger partial charge in [0.05, 0.1) is 30.7 Å². The van der Waals surface area contributed by atoms with Gasteiger partial charge < -0.3 is 18.8 Å². The van der Waals surface area contributed by atoms with Crippen molar-refractivity contribution in [3.05, 3.63) is 104 Å². The highest BCUT2D eigenvalue weighted by Gasteiger charge is 2.42. The van der Waals surface area contributed by atoms with E-state index in [-0.39, 0.29) is 17.1 Å². The number of rotatable bonds is 8. The summed E-state index contributed by atoms with van der Waals surface area (Å²) in [6.07, 6.45) is 1.51. The summed E-state index contributed by atoms with van der Waals surface area (Å²) in [6, 6.07) is 18.6. The molecule has 1 aliphatic heterocycles. The molecule has 5 rings (SSSR count). The molecule has 3 aromatic carbocycles. The van der Waals surface area contributed by atoms with Crippen LogP contribution in [0.4, 0.5) is 0 Å². The Bertz CT molecular complexity index is 1520. The predicted molar refractivity (Wildman–Crippen MR) is 144 cm³/mol. The molecule has 1 amide bonds. The largest absolute Gasteiger partial charge is 0.497 e. The van der Waals surface area contributed by atoms with Gasteiger partial charge in [0.1, 0.15) is 17.1 Å². The highest BCUT2D eigenvalue weighted by atomic mass is 16.5. The van der Waals surface area contributed by atoms with Crippen LogP contribution in [0.1, 0.15) is 57.8 Å². The Balaban J connectivity index is 1.60. The number of hydrogen-bond donors (Lipinski definition) is 0. The molecule has 0 aliphatic carbocycles. The minimum absolute atomic E-state index is 0.125. The number of benzene rings is 3. The van der Waals surface area contributed by atoms with Crippen molar-refractivity contribution in [3.8, 4) is 11.5 Å². The molecule has 6 nitrogen and oxygen atoms in total. The van der Waals surface area contributed by atoms with E-state index in [1.165, 1.54) is 0 Å². The van der Waals surface area contributed by atoms with Gasteiger partial charge in [-0.05, 0) is 85.3 Å². The Morgan fingerprint density at radius 3 is 2.43 bits per heavy atom. The summed E-state index contributed by atoms with van der Waals surface area (Å²) >= 11 is 0. The number of aryl methyl sites for hydroxylation is 2. The summed E-state index contributed by atoms with van der Waals surface area (Å²) in [4.78, 5) is 29.4. The Hall–Kier alpha value is -4.06. The topological polar surface area (TPSA) is 69.0 Å². The first-order valence-electron chi connectivity index (χ1n) is 12.7. The number of methoxy groups -OCH3 is 1. The van der Waals surface area contributed by atoms with Crippen LogP contribution in [0.2, 0.25) is 0 Å². The van der Waals surface area contributed by atoms with Crippen LogP contribution >= 0.6 is 0 Å². The van der Waals surface area contributed by atoms with Crippen LogP contribution in [0.3, 0.4) is 0 Å². The second-order valence-corrected chi connectivity index (χ2v) is 9.53. The first-order valence-corrected chi connectivity index (χ1v) is 12.7. The zero-order chi connectivity index (χ0) is 26.1. The van der Waals surface area contributed by atoms with Gasteiger partial charge in [0.15, 0.2) is 5.43 Å². The van der Waals surface area contributed by atoms with E-state index in [4.69, 9.17) is 13.9 Å². The van der Waals surface area contributed by atoms with Gasteiger partial charge in [-0.2, -0.15) is 0 Å². The van der Waals surface area contributed by atoms with Crippen LogP contribution in [-0.4, -0.2) is 31.1 Å². The molecule has 0 saturated carbocycles. The quantitative estimate of drug-likeness (QED) is 0.299. The van der Waals surface area contributed by atoms with Crippen molar-refractivity contribution in [2.24, 2.45) is 0 Å². The number of carbonyl (C=O) groups excluding carboxylic acids is 1. The molecule has 4 aromatic rings.